The molecule has 0 radical (unpaired) electrons. The minimum atomic E-state index is -0.790. The molecule has 2 amide bonds. The smallest absolute Gasteiger partial charge is 0.306 e. The van der Waals surface area contributed by atoms with Crippen molar-refractivity contribution < 1.29 is 19.5 Å². The fourth-order valence-electron chi connectivity index (χ4n) is 2.60. The topological polar surface area (TPSA) is 108 Å². The van der Waals surface area contributed by atoms with Crippen LogP contribution >= 0.6 is 0 Å². The Kier molecular flexibility index (Phi) is 4.36. The number of piperazine rings is 1. The van der Waals surface area contributed by atoms with Crippen molar-refractivity contribution in [2.75, 3.05) is 13.1 Å². The van der Waals surface area contributed by atoms with Crippen molar-refractivity contribution in [3.8, 4) is 0 Å². The third kappa shape index (κ3) is 3.66. The molecule has 1 aliphatic carbocycles. The highest BCUT2D eigenvalue weighted by atomic mass is 16.4. The summed E-state index contributed by atoms with van der Waals surface area (Å²) < 4.78 is 0. The van der Waals surface area contributed by atoms with Gasteiger partial charge in [0.2, 0.25) is 11.8 Å². The second kappa shape index (κ2) is 6.01. The number of rotatable bonds is 3. The van der Waals surface area contributed by atoms with Crippen molar-refractivity contribution in [2.45, 2.75) is 37.8 Å². The number of carbonyl (C=O) groups is 3. The molecule has 3 unspecified atom stereocenters. The molecule has 2 fully saturated rings. The standard InChI is InChI=1S/C12H19N3O4/c16-10-6-13-9(5-14-10)11(17)15-8-3-1-2-7(4-8)12(18)19/h7-9,13H,1-6H2,(H,14,16)(H,15,17)(H,18,19). The molecule has 1 saturated carbocycles. The quantitative estimate of drug-likeness (QED) is 0.516. The fraction of sp³-hybridized carbons (Fsp3) is 0.750. The van der Waals surface area contributed by atoms with E-state index in [1.807, 2.05) is 0 Å². The van der Waals surface area contributed by atoms with E-state index >= 15 is 0 Å². The molecule has 1 aliphatic heterocycles. The summed E-state index contributed by atoms with van der Waals surface area (Å²) in [6.45, 7) is 0.417. The van der Waals surface area contributed by atoms with Gasteiger partial charge in [-0.1, -0.05) is 6.42 Å². The maximum Gasteiger partial charge on any atom is 0.306 e. The van der Waals surface area contributed by atoms with Gasteiger partial charge >= 0.3 is 5.97 Å². The van der Waals surface area contributed by atoms with Gasteiger partial charge in [-0.25, -0.2) is 0 Å². The number of carbonyl (C=O) groups excluding carboxylic acids is 2. The maximum atomic E-state index is 12.0. The average Bonchev–Trinajstić information content (AvgIpc) is 2.39. The number of hydrogen-bond acceptors (Lipinski definition) is 4. The second-order valence-electron chi connectivity index (χ2n) is 5.14. The zero-order valence-electron chi connectivity index (χ0n) is 10.6. The monoisotopic (exact) mass is 269 g/mol. The van der Waals surface area contributed by atoms with Gasteiger partial charge in [0.25, 0.3) is 0 Å². The Balaban J connectivity index is 1.81. The zero-order valence-corrected chi connectivity index (χ0v) is 10.6. The molecule has 19 heavy (non-hydrogen) atoms. The molecule has 0 aromatic heterocycles. The van der Waals surface area contributed by atoms with Crippen LogP contribution in [0.3, 0.4) is 0 Å². The molecule has 7 heteroatoms. The van der Waals surface area contributed by atoms with Gasteiger partial charge in [0.15, 0.2) is 0 Å². The Labute approximate surface area is 111 Å². The third-order valence-corrected chi connectivity index (χ3v) is 3.70. The summed E-state index contributed by atoms with van der Waals surface area (Å²) in [6.07, 6.45) is 2.80. The van der Waals surface area contributed by atoms with Crippen LogP contribution in [0, 0.1) is 5.92 Å². The summed E-state index contributed by atoms with van der Waals surface area (Å²) in [5, 5.41) is 17.3. The van der Waals surface area contributed by atoms with Crippen molar-refractivity contribution in [1.29, 1.82) is 0 Å². The van der Waals surface area contributed by atoms with Crippen LogP contribution in [-0.4, -0.2) is 48.1 Å². The van der Waals surface area contributed by atoms with Crippen molar-refractivity contribution >= 4 is 17.8 Å². The van der Waals surface area contributed by atoms with Crippen molar-refractivity contribution in [2.24, 2.45) is 5.92 Å². The van der Waals surface area contributed by atoms with E-state index in [1.54, 1.807) is 0 Å². The Morgan fingerprint density at radius 3 is 2.74 bits per heavy atom. The lowest BCUT2D eigenvalue weighted by molar-refractivity contribution is -0.143. The van der Waals surface area contributed by atoms with Gasteiger partial charge in [-0.3, -0.25) is 19.7 Å². The molecular weight excluding hydrogens is 250 g/mol. The Morgan fingerprint density at radius 1 is 1.32 bits per heavy atom. The maximum absolute atomic E-state index is 12.0. The molecule has 0 aromatic carbocycles. The molecule has 3 atom stereocenters. The summed E-state index contributed by atoms with van der Waals surface area (Å²) in [5.74, 6) is -1.44. The summed E-state index contributed by atoms with van der Waals surface area (Å²) in [6, 6.07) is -0.510. The normalized spacial score (nSPS) is 31.4. The molecule has 1 saturated heterocycles. The van der Waals surface area contributed by atoms with Crippen LogP contribution in [0.2, 0.25) is 0 Å². The van der Waals surface area contributed by atoms with Gasteiger partial charge < -0.3 is 15.7 Å². The van der Waals surface area contributed by atoms with Gasteiger partial charge in [0.1, 0.15) is 6.04 Å². The third-order valence-electron chi connectivity index (χ3n) is 3.70. The molecule has 106 valence electrons. The predicted molar refractivity (Wildman–Crippen MR) is 66.3 cm³/mol. The van der Waals surface area contributed by atoms with Crippen LogP contribution in [0.1, 0.15) is 25.7 Å². The van der Waals surface area contributed by atoms with Crippen LogP contribution in [0.5, 0.6) is 0 Å². The van der Waals surface area contributed by atoms with Crippen LogP contribution < -0.4 is 16.0 Å². The van der Waals surface area contributed by atoms with Gasteiger partial charge in [-0.05, 0) is 19.3 Å². The number of hydrogen-bond donors (Lipinski definition) is 4. The molecule has 4 N–H and O–H groups in total. The first-order valence-corrected chi connectivity index (χ1v) is 6.59. The van der Waals surface area contributed by atoms with E-state index in [4.69, 9.17) is 5.11 Å². The highest BCUT2D eigenvalue weighted by Gasteiger charge is 2.30. The minimum Gasteiger partial charge on any atom is -0.481 e. The minimum absolute atomic E-state index is 0.0817. The number of aliphatic carboxylic acids is 1. The summed E-state index contributed by atoms with van der Waals surface area (Å²) in [5.41, 5.74) is 0. The molecule has 0 aromatic rings. The van der Waals surface area contributed by atoms with E-state index in [-0.39, 0.29) is 36.9 Å². The molecule has 2 aliphatic rings. The summed E-state index contributed by atoms with van der Waals surface area (Å²) in [7, 11) is 0. The number of nitrogens with one attached hydrogen (secondary N) is 3. The van der Waals surface area contributed by atoms with E-state index in [0.717, 1.165) is 12.8 Å². The van der Waals surface area contributed by atoms with Gasteiger partial charge in [0, 0.05) is 12.6 Å². The van der Waals surface area contributed by atoms with Crippen LogP contribution in [0.25, 0.3) is 0 Å². The number of carboxylic acid groups (broad SMARTS) is 1. The lowest BCUT2D eigenvalue weighted by Crippen LogP contribution is -2.59. The van der Waals surface area contributed by atoms with Gasteiger partial charge in [-0.2, -0.15) is 0 Å². The Hall–Kier alpha value is -1.63. The van der Waals surface area contributed by atoms with Gasteiger partial charge in [0.05, 0.1) is 12.5 Å². The van der Waals surface area contributed by atoms with Crippen LogP contribution in [0.4, 0.5) is 0 Å². The molecule has 1 heterocycles. The van der Waals surface area contributed by atoms with E-state index < -0.39 is 12.0 Å². The highest BCUT2D eigenvalue weighted by molar-refractivity contribution is 5.87. The van der Waals surface area contributed by atoms with E-state index in [1.165, 1.54) is 0 Å². The molecule has 0 spiro atoms. The van der Waals surface area contributed by atoms with E-state index in [2.05, 4.69) is 16.0 Å². The SMILES string of the molecule is O=C1CNC(C(=O)NC2CCCC(C(=O)O)C2)CN1. The Morgan fingerprint density at radius 2 is 2.11 bits per heavy atom. The second-order valence-corrected chi connectivity index (χ2v) is 5.14. The average molecular weight is 269 g/mol. The molecular formula is C12H19N3O4. The molecule has 0 bridgehead atoms. The first kappa shape index (κ1) is 13.8. The fourth-order valence-corrected chi connectivity index (χ4v) is 2.60. The largest absolute Gasteiger partial charge is 0.481 e. The Bertz CT molecular complexity index is 375. The van der Waals surface area contributed by atoms with Crippen LogP contribution in [0.15, 0.2) is 0 Å². The zero-order chi connectivity index (χ0) is 13.8. The lowest BCUT2D eigenvalue weighted by Gasteiger charge is -2.30. The highest BCUT2D eigenvalue weighted by Crippen LogP contribution is 2.24. The molecule has 7 nitrogen and oxygen atoms in total. The first-order chi connectivity index (χ1) is 9.06. The number of amides is 2. The molecule has 2 rings (SSSR count). The number of carboxylic acids is 1. The van der Waals surface area contributed by atoms with Crippen LogP contribution in [-0.2, 0) is 14.4 Å². The lowest BCUT2D eigenvalue weighted by atomic mass is 9.85. The van der Waals surface area contributed by atoms with E-state index in [0.29, 0.717) is 12.8 Å². The summed E-state index contributed by atoms with van der Waals surface area (Å²) in [4.78, 5) is 33.9. The van der Waals surface area contributed by atoms with E-state index in [9.17, 15) is 14.4 Å². The van der Waals surface area contributed by atoms with Crippen molar-refractivity contribution in [1.82, 2.24) is 16.0 Å². The predicted octanol–water partition coefficient (Wildman–Crippen LogP) is -1.17. The summed E-state index contributed by atoms with van der Waals surface area (Å²) >= 11 is 0. The van der Waals surface area contributed by atoms with Crippen molar-refractivity contribution in [3.05, 3.63) is 0 Å². The van der Waals surface area contributed by atoms with Gasteiger partial charge in [-0.15, -0.1) is 0 Å². The van der Waals surface area contributed by atoms with Crippen molar-refractivity contribution in [3.63, 3.8) is 0 Å². The first-order valence-electron chi connectivity index (χ1n) is 6.59.